The lowest BCUT2D eigenvalue weighted by Crippen LogP contribution is -2.43. The number of benzene rings is 1. The van der Waals surface area contributed by atoms with Crippen molar-refractivity contribution in [3.05, 3.63) is 29.3 Å². The van der Waals surface area contributed by atoms with Gasteiger partial charge in [0.05, 0.1) is 17.0 Å². The van der Waals surface area contributed by atoms with E-state index in [0.717, 1.165) is 0 Å². The predicted octanol–water partition coefficient (Wildman–Crippen LogP) is -0.543. The summed E-state index contributed by atoms with van der Waals surface area (Å²) in [6, 6.07) is 5.50. The van der Waals surface area contributed by atoms with Crippen molar-refractivity contribution in [2.45, 2.75) is 23.5 Å². The molecule has 0 spiro atoms. The first-order valence-electron chi connectivity index (χ1n) is 6.83. The van der Waals surface area contributed by atoms with Gasteiger partial charge in [0.15, 0.2) is 0 Å². The molecule has 7 nitrogen and oxygen atoms in total. The number of hydrogen-bond acceptors (Lipinski definition) is 5. The molecule has 1 fully saturated rings. The SMILES string of the molecule is O=C(NCCNS(=O)(=O)c1cccc(Cl)c1)C1CC(O)CN1. The highest BCUT2D eigenvalue weighted by molar-refractivity contribution is 7.89. The van der Waals surface area contributed by atoms with Crippen LogP contribution in [0.15, 0.2) is 29.2 Å². The number of aliphatic hydroxyl groups excluding tert-OH is 1. The Labute approximate surface area is 134 Å². The molecule has 0 aromatic heterocycles. The van der Waals surface area contributed by atoms with Gasteiger partial charge >= 0.3 is 0 Å². The third-order valence-electron chi connectivity index (χ3n) is 3.25. The maximum absolute atomic E-state index is 12.0. The Bertz CT molecular complexity index is 638. The summed E-state index contributed by atoms with van der Waals surface area (Å²) >= 11 is 5.76. The normalized spacial score (nSPS) is 21.7. The predicted molar refractivity (Wildman–Crippen MR) is 82.1 cm³/mol. The van der Waals surface area contributed by atoms with Crippen molar-refractivity contribution >= 4 is 27.5 Å². The Kier molecular flexibility index (Phi) is 5.76. The molecule has 122 valence electrons. The molecule has 1 aromatic carbocycles. The van der Waals surface area contributed by atoms with Gasteiger partial charge in [0.1, 0.15) is 0 Å². The van der Waals surface area contributed by atoms with Gasteiger partial charge in [-0.25, -0.2) is 13.1 Å². The standard InChI is InChI=1S/C13H18ClN3O4S/c14-9-2-1-3-11(6-9)22(20,21)17-5-4-15-13(19)12-7-10(18)8-16-12/h1-3,6,10,12,16-18H,4-5,7-8H2,(H,15,19). The van der Waals surface area contributed by atoms with Gasteiger partial charge in [-0.3, -0.25) is 4.79 Å². The molecule has 0 radical (unpaired) electrons. The van der Waals surface area contributed by atoms with Crippen molar-refractivity contribution in [1.82, 2.24) is 15.4 Å². The molecule has 1 amide bonds. The zero-order valence-electron chi connectivity index (χ0n) is 11.8. The monoisotopic (exact) mass is 347 g/mol. The van der Waals surface area contributed by atoms with Crippen LogP contribution in [0.4, 0.5) is 0 Å². The van der Waals surface area contributed by atoms with E-state index in [4.69, 9.17) is 11.6 Å². The van der Waals surface area contributed by atoms with Gasteiger partial charge in [-0.05, 0) is 24.6 Å². The second-order valence-corrected chi connectivity index (χ2v) is 7.20. The van der Waals surface area contributed by atoms with Gasteiger partial charge in [0.25, 0.3) is 0 Å². The minimum absolute atomic E-state index is 0.0653. The number of amides is 1. The molecule has 2 rings (SSSR count). The van der Waals surface area contributed by atoms with Crippen LogP contribution >= 0.6 is 11.6 Å². The summed E-state index contributed by atoms with van der Waals surface area (Å²) in [4.78, 5) is 11.8. The first-order chi connectivity index (χ1) is 10.4. The van der Waals surface area contributed by atoms with Crippen LogP contribution in [0.2, 0.25) is 5.02 Å². The van der Waals surface area contributed by atoms with E-state index in [1.54, 1.807) is 12.1 Å². The highest BCUT2D eigenvalue weighted by atomic mass is 35.5. The number of aliphatic hydroxyl groups is 1. The minimum Gasteiger partial charge on any atom is -0.392 e. The van der Waals surface area contributed by atoms with Crippen LogP contribution in [0.3, 0.4) is 0 Å². The van der Waals surface area contributed by atoms with E-state index in [0.29, 0.717) is 18.0 Å². The van der Waals surface area contributed by atoms with E-state index >= 15 is 0 Å². The van der Waals surface area contributed by atoms with Crippen molar-refractivity contribution in [3.8, 4) is 0 Å². The maximum atomic E-state index is 12.0. The Hall–Kier alpha value is -1.19. The smallest absolute Gasteiger partial charge is 0.240 e. The highest BCUT2D eigenvalue weighted by Crippen LogP contribution is 2.14. The quantitative estimate of drug-likeness (QED) is 0.517. The third kappa shape index (κ3) is 4.65. The maximum Gasteiger partial charge on any atom is 0.240 e. The molecular weight excluding hydrogens is 330 g/mol. The lowest BCUT2D eigenvalue weighted by Gasteiger charge is -2.11. The molecular formula is C13H18ClN3O4S. The van der Waals surface area contributed by atoms with E-state index in [-0.39, 0.29) is 23.9 Å². The zero-order chi connectivity index (χ0) is 16.2. The summed E-state index contributed by atoms with van der Waals surface area (Å²) < 4.78 is 26.4. The Morgan fingerprint density at radius 1 is 1.41 bits per heavy atom. The number of carbonyl (C=O) groups is 1. The van der Waals surface area contributed by atoms with Crippen molar-refractivity contribution < 1.29 is 18.3 Å². The zero-order valence-corrected chi connectivity index (χ0v) is 13.3. The number of rotatable bonds is 6. The summed E-state index contributed by atoms with van der Waals surface area (Å²) in [5, 5.41) is 15.2. The number of hydrogen-bond donors (Lipinski definition) is 4. The van der Waals surface area contributed by atoms with Crippen LogP contribution in [0.5, 0.6) is 0 Å². The van der Waals surface area contributed by atoms with Crippen LogP contribution in [0.25, 0.3) is 0 Å². The Balaban J connectivity index is 1.77. The van der Waals surface area contributed by atoms with Gasteiger partial charge < -0.3 is 15.7 Å². The second-order valence-electron chi connectivity index (χ2n) is 5.00. The van der Waals surface area contributed by atoms with Gasteiger partial charge in [0, 0.05) is 24.7 Å². The molecule has 9 heteroatoms. The highest BCUT2D eigenvalue weighted by Gasteiger charge is 2.27. The van der Waals surface area contributed by atoms with Crippen LogP contribution in [0, 0.1) is 0 Å². The molecule has 2 unspecified atom stereocenters. The van der Waals surface area contributed by atoms with E-state index < -0.39 is 22.2 Å². The topological polar surface area (TPSA) is 108 Å². The fourth-order valence-electron chi connectivity index (χ4n) is 2.13. The summed E-state index contributed by atoms with van der Waals surface area (Å²) in [7, 11) is -3.65. The molecule has 2 atom stereocenters. The van der Waals surface area contributed by atoms with Gasteiger partial charge in [-0.2, -0.15) is 0 Å². The fraction of sp³-hybridized carbons (Fsp3) is 0.462. The summed E-state index contributed by atoms with van der Waals surface area (Å²) in [5.41, 5.74) is 0. The number of nitrogens with one attached hydrogen (secondary N) is 3. The van der Waals surface area contributed by atoms with Crippen molar-refractivity contribution in [2.24, 2.45) is 0 Å². The fourth-order valence-corrected chi connectivity index (χ4v) is 3.46. The van der Waals surface area contributed by atoms with E-state index in [1.807, 2.05) is 0 Å². The lowest BCUT2D eigenvalue weighted by atomic mass is 10.2. The Morgan fingerprint density at radius 3 is 2.82 bits per heavy atom. The number of sulfonamides is 1. The first kappa shape index (κ1) is 17.2. The molecule has 1 aliphatic rings. The third-order valence-corrected chi connectivity index (χ3v) is 4.94. The average molecular weight is 348 g/mol. The molecule has 4 N–H and O–H groups in total. The van der Waals surface area contributed by atoms with E-state index in [2.05, 4.69) is 15.4 Å². The lowest BCUT2D eigenvalue weighted by molar-refractivity contribution is -0.122. The molecule has 1 aliphatic heterocycles. The largest absolute Gasteiger partial charge is 0.392 e. The van der Waals surface area contributed by atoms with Crippen LogP contribution in [-0.4, -0.2) is 51.2 Å². The van der Waals surface area contributed by atoms with Crippen molar-refractivity contribution in [2.75, 3.05) is 19.6 Å². The molecule has 0 saturated carbocycles. The molecule has 1 aromatic rings. The molecule has 1 saturated heterocycles. The summed E-state index contributed by atoms with van der Waals surface area (Å²) in [6.45, 7) is 0.613. The summed E-state index contributed by atoms with van der Waals surface area (Å²) in [6.07, 6.45) is -0.155. The number of halogens is 1. The molecule has 0 bridgehead atoms. The molecule has 0 aliphatic carbocycles. The van der Waals surface area contributed by atoms with Crippen LogP contribution in [-0.2, 0) is 14.8 Å². The van der Waals surface area contributed by atoms with Crippen molar-refractivity contribution in [3.63, 3.8) is 0 Å². The molecule has 22 heavy (non-hydrogen) atoms. The summed E-state index contributed by atoms with van der Waals surface area (Å²) in [5.74, 6) is -0.251. The van der Waals surface area contributed by atoms with Gasteiger partial charge in [-0.15, -0.1) is 0 Å². The van der Waals surface area contributed by atoms with Crippen LogP contribution in [0.1, 0.15) is 6.42 Å². The van der Waals surface area contributed by atoms with E-state index in [1.165, 1.54) is 12.1 Å². The number of carbonyl (C=O) groups excluding carboxylic acids is 1. The molecule has 1 heterocycles. The Morgan fingerprint density at radius 2 is 2.18 bits per heavy atom. The first-order valence-corrected chi connectivity index (χ1v) is 8.69. The van der Waals surface area contributed by atoms with E-state index in [9.17, 15) is 18.3 Å². The number of β-amino-alcohol motifs (C(OH)–C–C–N with tert-alkyl or cyclic N) is 1. The van der Waals surface area contributed by atoms with Gasteiger partial charge in [-0.1, -0.05) is 17.7 Å². The van der Waals surface area contributed by atoms with Crippen LogP contribution < -0.4 is 15.4 Å². The average Bonchev–Trinajstić information content (AvgIpc) is 2.90. The second kappa shape index (κ2) is 7.38. The van der Waals surface area contributed by atoms with Gasteiger partial charge in [0.2, 0.25) is 15.9 Å². The van der Waals surface area contributed by atoms with Crippen molar-refractivity contribution in [1.29, 1.82) is 0 Å². The minimum atomic E-state index is -3.65.